The molecule has 24 heavy (non-hydrogen) atoms. The predicted octanol–water partition coefficient (Wildman–Crippen LogP) is 4.40. The summed E-state index contributed by atoms with van der Waals surface area (Å²) in [6.07, 6.45) is -4.73. The first-order valence-corrected chi connectivity index (χ1v) is 7.39. The van der Waals surface area contributed by atoms with Crippen LogP contribution in [0, 0.1) is 9.39 Å². The Balaban J connectivity index is 2.37. The van der Waals surface area contributed by atoms with Crippen LogP contribution >= 0.6 is 22.6 Å². The fourth-order valence-corrected chi connectivity index (χ4v) is 2.52. The molecule has 1 amide bonds. The highest BCUT2D eigenvalue weighted by atomic mass is 127. The van der Waals surface area contributed by atoms with Crippen LogP contribution in [-0.2, 0) is 6.18 Å². The van der Waals surface area contributed by atoms with Crippen LogP contribution in [0.25, 0.3) is 0 Å². The summed E-state index contributed by atoms with van der Waals surface area (Å²) < 4.78 is 51.7. The Morgan fingerprint density at radius 3 is 2.29 bits per heavy atom. The number of amides is 1. The molecule has 4 nitrogen and oxygen atoms in total. The summed E-state index contributed by atoms with van der Waals surface area (Å²) in [5, 5.41) is 11.3. The molecule has 0 heterocycles. The van der Waals surface area contributed by atoms with Gasteiger partial charge >= 0.3 is 12.1 Å². The van der Waals surface area contributed by atoms with Crippen LogP contribution in [-0.4, -0.2) is 17.0 Å². The zero-order chi connectivity index (χ0) is 18.1. The van der Waals surface area contributed by atoms with Gasteiger partial charge in [-0.1, -0.05) is 6.07 Å². The molecule has 0 bridgehead atoms. The highest BCUT2D eigenvalue weighted by Crippen LogP contribution is 2.30. The van der Waals surface area contributed by atoms with Gasteiger partial charge in [0.25, 0.3) is 5.91 Å². The van der Waals surface area contributed by atoms with Gasteiger partial charge in [0.15, 0.2) is 0 Å². The van der Waals surface area contributed by atoms with E-state index in [9.17, 15) is 27.2 Å². The summed E-state index contributed by atoms with van der Waals surface area (Å²) in [5.74, 6) is -3.71. The standard InChI is InChI=1S/C15H8F4INO3/c16-10-6-7(15(17,18)19)4-5-8(10)13(22)21-12-9(14(23)24)2-1-3-11(12)20/h1-6H,(H,21,22)(H,23,24). The normalized spacial score (nSPS) is 11.2. The maximum absolute atomic E-state index is 13.8. The summed E-state index contributed by atoms with van der Waals surface area (Å²) in [5.41, 5.74) is -2.13. The van der Waals surface area contributed by atoms with E-state index in [1.165, 1.54) is 18.2 Å². The molecular formula is C15H8F4INO3. The van der Waals surface area contributed by atoms with Gasteiger partial charge in [-0.05, 0) is 52.9 Å². The lowest BCUT2D eigenvalue weighted by Gasteiger charge is -2.12. The van der Waals surface area contributed by atoms with Gasteiger partial charge in [-0.2, -0.15) is 13.2 Å². The average molecular weight is 453 g/mol. The van der Waals surface area contributed by atoms with E-state index in [-0.39, 0.29) is 17.3 Å². The first-order chi connectivity index (χ1) is 11.1. The number of carbonyl (C=O) groups is 2. The minimum absolute atomic E-state index is 0.0603. The van der Waals surface area contributed by atoms with E-state index in [0.717, 1.165) is 0 Å². The number of benzene rings is 2. The summed E-state index contributed by atoms with van der Waals surface area (Å²) in [6, 6.07) is 5.70. The Labute approximate surface area is 146 Å². The van der Waals surface area contributed by atoms with E-state index in [1.807, 2.05) is 0 Å². The Hall–Kier alpha value is -2.17. The molecule has 2 N–H and O–H groups in total. The van der Waals surface area contributed by atoms with Crippen LogP contribution in [0.15, 0.2) is 36.4 Å². The molecule has 0 fully saturated rings. The molecule has 0 aliphatic heterocycles. The number of nitrogens with one attached hydrogen (secondary N) is 1. The SMILES string of the molecule is O=C(Nc1c(I)cccc1C(=O)O)c1ccc(C(F)(F)F)cc1F. The van der Waals surface area contributed by atoms with Gasteiger partial charge in [-0.15, -0.1) is 0 Å². The minimum Gasteiger partial charge on any atom is -0.478 e. The van der Waals surface area contributed by atoms with Crippen LogP contribution in [0.3, 0.4) is 0 Å². The van der Waals surface area contributed by atoms with Crippen LogP contribution in [0.5, 0.6) is 0 Å². The van der Waals surface area contributed by atoms with Crippen LogP contribution < -0.4 is 5.32 Å². The quantitative estimate of drug-likeness (QED) is 0.535. The van der Waals surface area contributed by atoms with Gasteiger partial charge in [0, 0.05) is 3.57 Å². The van der Waals surface area contributed by atoms with Crippen molar-refractivity contribution in [2.24, 2.45) is 0 Å². The van der Waals surface area contributed by atoms with Gasteiger partial charge in [0.1, 0.15) is 5.82 Å². The van der Waals surface area contributed by atoms with E-state index >= 15 is 0 Å². The first-order valence-electron chi connectivity index (χ1n) is 6.31. The molecule has 0 unspecified atom stereocenters. The van der Waals surface area contributed by atoms with E-state index in [0.29, 0.717) is 15.7 Å². The number of anilines is 1. The summed E-state index contributed by atoms with van der Waals surface area (Å²) >= 11 is 1.78. The van der Waals surface area contributed by atoms with Crippen molar-refractivity contribution in [2.45, 2.75) is 6.18 Å². The molecule has 0 saturated carbocycles. The highest BCUT2D eigenvalue weighted by Gasteiger charge is 2.31. The summed E-state index contributed by atoms with van der Waals surface area (Å²) in [6.45, 7) is 0. The fraction of sp³-hybridized carbons (Fsp3) is 0.0667. The lowest BCUT2D eigenvalue weighted by molar-refractivity contribution is -0.137. The lowest BCUT2D eigenvalue weighted by atomic mass is 10.1. The van der Waals surface area contributed by atoms with Gasteiger partial charge in [-0.25, -0.2) is 9.18 Å². The van der Waals surface area contributed by atoms with E-state index < -0.39 is 35.0 Å². The number of para-hydroxylation sites is 1. The number of halogens is 5. The fourth-order valence-electron chi connectivity index (χ4n) is 1.89. The molecule has 0 atom stereocenters. The van der Waals surface area contributed by atoms with Crippen molar-refractivity contribution in [3.63, 3.8) is 0 Å². The van der Waals surface area contributed by atoms with Crippen molar-refractivity contribution < 1.29 is 32.3 Å². The molecular weight excluding hydrogens is 445 g/mol. The topological polar surface area (TPSA) is 66.4 Å². The number of carboxylic acids is 1. The molecule has 0 aliphatic rings. The van der Waals surface area contributed by atoms with Crippen molar-refractivity contribution in [1.29, 1.82) is 0 Å². The average Bonchev–Trinajstić information content (AvgIpc) is 2.47. The summed E-state index contributed by atoms with van der Waals surface area (Å²) in [7, 11) is 0. The third-order valence-corrected chi connectivity index (χ3v) is 3.92. The number of alkyl halides is 3. The predicted molar refractivity (Wildman–Crippen MR) is 85.5 cm³/mol. The number of hydrogen-bond donors (Lipinski definition) is 2. The van der Waals surface area contributed by atoms with Gasteiger partial charge in [0.05, 0.1) is 22.4 Å². The Morgan fingerprint density at radius 2 is 1.75 bits per heavy atom. The largest absolute Gasteiger partial charge is 0.478 e. The second-order valence-electron chi connectivity index (χ2n) is 4.61. The second kappa shape index (κ2) is 6.75. The van der Waals surface area contributed by atoms with Crippen LogP contribution in [0.4, 0.5) is 23.2 Å². The number of hydrogen-bond acceptors (Lipinski definition) is 2. The zero-order valence-corrected chi connectivity index (χ0v) is 13.8. The van der Waals surface area contributed by atoms with Crippen molar-refractivity contribution in [2.75, 3.05) is 5.32 Å². The van der Waals surface area contributed by atoms with Crippen LogP contribution in [0.2, 0.25) is 0 Å². The van der Waals surface area contributed by atoms with E-state index in [2.05, 4.69) is 5.32 Å². The van der Waals surface area contributed by atoms with Gasteiger partial charge < -0.3 is 10.4 Å². The molecule has 2 aromatic rings. The molecule has 0 radical (unpaired) electrons. The van der Waals surface area contributed by atoms with Gasteiger partial charge in [0.2, 0.25) is 0 Å². The number of carboxylic acid groups (broad SMARTS) is 1. The molecule has 0 aliphatic carbocycles. The number of aromatic carboxylic acids is 1. The van der Waals surface area contributed by atoms with Crippen LogP contribution in [0.1, 0.15) is 26.3 Å². The number of rotatable bonds is 3. The molecule has 0 aromatic heterocycles. The van der Waals surface area contributed by atoms with E-state index in [4.69, 9.17) is 5.11 Å². The smallest absolute Gasteiger partial charge is 0.416 e. The monoisotopic (exact) mass is 453 g/mol. The molecule has 0 saturated heterocycles. The maximum atomic E-state index is 13.8. The second-order valence-corrected chi connectivity index (χ2v) is 5.78. The maximum Gasteiger partial charge on any atom is 0.416 e. The molecule has 0 spiro atoms. The molecule has 2 aromatic carbocycles. The zero-order valence-electron chi connectivity index (χ0n) is 11.6. The molecule has 9 heteroatoms. The Bertz CT molecular complexity index is 821. The molecule has 126 valence electrons. The van der Waals surface area contributed by atoms with Crippen molar-refractivity contribution >= 4 is 40.2 Å². The minimum atomic E-state index is -4.73. The third kappa shape index (κ3) is 3.83. The highest BCUT2D eigenvalue weighted by molar-refractivity contribution is 14.1. The number of carbonyl (C=O) groups excluding carboxylic acids is 1. The Morgan fingerprint density at radius 1 is 1.08 bits per heavy atom. The van der Waals surface area contributed by atoms with E-state index in [1.54, 1.807) is 22.6 Å². The lowest BCUT2D eigenvalue weighted by Crippen LogP contribution is -2.18. The van der Waals surface area contributed by atoms with Crippen molar-refractivity contribution in [3.8, 4) is 0 Å². The summed E-state index contributed by atoms with van der Waals surface area (Å²) in [4.78, 5) is 23.3. The first kappa shape index (κ1) is 18.2. The third-order valence-electron chi connectivity index (χ3n) is 3.02. The van der Waals surface area contributed by atoms with Crippen molar-refractivity contribution in [1.82, 2.24) is 0 Å². The Kier molecular flexibility index (Phi) is 5.11. The molecule has 2 rings (SSSR count). The van der Waals surface area contributed by atoms with Gasteiger partial charge in [-0.3, -0.25) is 4.79 Å². The van der Waals surface area contributed by atoms with Crippen molar-refractivity contribution in [3.05, 3.63) is 62.5 Å².